The SMILES string of the molecule is CCCCCCCCCCCCCCOc1ccc(OCC(=O)Nc2ccc(C[n+]3cscc3C)cc2)cc1F.[Br-]. The highest BCUT2D eigenvalue weighted by Crippen LogP contribution is 2.23. The van der Waals surface area contributed by atoms with E-state index in [1.807, 2.05) is 24.3 Å². The third-order valence-electron chi connectivity index (χ3n) is 7.00. The highest BCUT2D eigenvalue weighted by atomic mass is 79.9. The average molecular weight is 650 g/mol. The van der Waals surface area contributed by atoms with E-state index >= 15 is 0 Å². The van der Waals surface area contributed by atoms with Crippen molar-refractivity contribution in [3.05, 3.63) is 70.4 Å². The van der Waals surface area contributed by atoms with E-state index in [0.717, 1.165) is 24.9 Å². The van der Waals surface area contributed by atoms with Crippen LogP contribution in [-0.4, -0.2) is 19.1 Å². The number of halogens is 2. The molecule has 0 bridgehead atoms. The van der Waals surface area contributed by atoms with E-state index in [9.17, 15) is 9.18 Å². The van der Waals surface area contributed by atoms with Gasteiger partial charge in [-0.05, 0) is 30.7 Å². The highest BCUT2D eigenvalue weighted by Gasteiger charge is 2.10. The summed E-state index contributed by atoms with van der Waals surface area (Å²) in [6.45, 7) is 5.42. The molecular formula is C33H46BrFN2O3S. The summed E-state index contributed by atoms with van der Waals surface area (Å²) in [4.78, 5) is 12.3. The summed E-state index contributed by atoms with van der Waals surface area (Å²) in [5.74, 6) is -0.269. The number of amides is 1. The van der Waals surface area contributed by atoms with E-state index in [2.05, 4.69) is 34.6 Å². The largest absolute Gasteiger partial charge is 1.00 e. The van der Waals surface area contributed by atoms with E-state index in [-0.39, 0.29) is 35.2 Å². The molecule has 5 nitrogen and oxygen atoms in total. The summed E-state index contributed by atoms with van der Waals surface area (Å²) in [5, 5.41) is 4.93. The van der Waals surface area contributed by atoms with E-state index in [1.165, 1.54) is 76.0 Å². The number of hydrogen-bond acceptors (Lipinski definition) is 4. The lowest BCUT2D eigenvalue weighted by Gasteiger charge is -2.10. The van der Waals surface area contributed by atoms with Crippen LogP contribution in [0.25, 0.3) is 0 Å². The number of thiazole rings is 1. The Hall–Kier alpha value is -2.45. The van der Waals surface area contributed by atoms with Gasteiger partial charge in [-0.1, -0.05) is 101 Å². The molecule has 0 unspecified atom stereocenters. The lowest BCUT2D eigenvalue weighted by molar-refractivity contribution is -0.689. The molecule has 1 heterocycles. The molecule has 3 aromatic rings. The van der Waals surface area contributed by atoms with E-state index < -0.39 is 5.82 Å². The fourth-order valence-corrected chi connectivity index (χ4v) is 5.35. The average Bonchev–Trinajstić information content (AvgIpc) is 3.36. The first kappa shape index (κ1) is 34.7. The van der Waals surface area contributed by atoms with Crippen LogP contribution in [0.1, 0.15) is 95.2 Å². The zero-order valence-corrected chi connectivity index (χ0v) is 27.0. The summed E-state index contributed by atoms with van der Waals surface area (Å²) < 4.78 is 27.8. The number of anilines is 1. The van der Waals surface area contributed by atoms with Gasteiger partial charge in [0.05, 0.1) is 12.0 Å². The molecule has 1 aromatic heterocycles. The molecule has 0 aliphatic rings. The molecule has 0 radical (unpaired) electrons. The van der Waals surface area contributed by atoms with Gasteiger partial charge in [0.2, 0.25) is 5.51 Å². The van der Waals surface area contributed by atoms with Gasteiger partial charge in [0.25, 0.3) is 5.91 Å². The smallest absolute Gasteiger partial charge is 0.262 e. The summed E-state index contributed by atoms with van der Waals surface area (Å²) in [5.41, 5.74) is 5.15. The van der Waals surface area contributed by atoms with Crippen LogP contribution in [0, 0.1) is 12.7 Å². The molecule has 8 heteroatoms. The predicted octanol–water partition coefficient (Wildman–Crippen LogP) is 5.63. The minimum Gasteiger partial charge on any atom is -1.00 e. The number of benzene rings is 2. The number of unbranched alkanes of at least 4 members (excludes halogenated alkanes) is 11. The van der Waals surface area contributed by atoms with Crippen LogP contribution in [0.2, 0.25) is 0 Å². The molecule has 41 heavy (non-hydrogen) atoms. The van der Waals surface area contributed by atoms with Crippen molar-refractivity contribution in [3.63, 3.8) is 0 Å². The molecule has 3 rings (SSSR count). The quantitative estimate of drug-likeness (QED) is 0.128. The van der Waals surface area contributed by atoms with E-state index in [0.29, 0.717) is 18.0 Å². The number of nitrogens with one attached hydrogen (secondary N) is 1. The molecule has 0 fully saturated rings. The summed E-state index contributed by atoms with van der Waals surface area (Å²) >= 11 is 1.67. The number of carbonyl (C=O) groups is 1. The van der Waals surface area contributed by atoms with Gasteiger partial charge < -0.3 is 31.8 Å². The van der Waals surface area contributed by atoms with Crippen LogP contribution in [0.5, 0.6) is 11.5 Å². The number of aryl methyl sites for hydroxylation is 1. The minimum atomic E-state index is -0.480. The molecule has 0 saturated carbocycles. The summed E-state index contributed by atoms with van der Waals surface area (Å²) in [6.07, 6.45) is 15.3. The van der Waals surface area contributed by atoms with Gasteiger partial charge in [-0.2, -0.15) is 4.57 Å². The summed E-state index contributed by atoms with van der Waals surface area (Å²) in [6, 6.07) is 12.2. The monoisotopic (exact) mass is 648 g/mol. The number of aromatic nitrogens is 1. The van der Waals surface area contributed by atoms with Crippen LogP contribution in [0.15, 0.2) is 53.4 Å². The van der Waals surface area contributed by atoms with Gasteiger partial charge in [-0.25, -0.2) is 4.39 Å². The zero-order valence-electron chi connectivity index (χ0n) is 24.6. The maximum atomic E-state index is 14.5. The van der Waals surface area contributed by atoms with Crippen molar-refractivity contribution in [1.82, 2.24) is 0 Å². The maximum absolute atomic E-state index is 14.5. The number of ether oxygens (including phenoxy) is 2. The Balaban J connectivity index is 0.00000588. The van der Waals surface area contributed by atoms with Crippen LogP contribution >= 0.6 is 11.3 Å². The van der Waals surface area contributed by atoms with Crippen molar-refractivity contribution in [1.29, 1.82) is 0 Å². The zero-order chi connectivity index (χ0) is 28.4. The highest BCUT2D eigenvalue weighted by molar-refractivity contribution is 7.07. The Labute approximate surface area is 260 Å². The second-order valence-electron chi connectivity index (χ2n) is 10.5. The first-order valence-corrected chi connectivity index (χ1v) is 15.9. The van der Waals surface area contributed by atoms with Crippen molar-refractivity contribution in [3.8, 4) is 11.5 Å². The van der Waals surface area contributed by atoms with Crippen LogP contribution < -0.4 is 36.3 Å². The van der Waals surface area contributed by atoms with Crippen molar-refractivity contribution in [2.45, 2.75) is 97.4 Å². The molecule has 0 saturated heterocycles. The lowest BCUT2D eigenvalue weighted by atomic mass is 10.1. The standard InChI is InChI=1S/C33H45FN2O3S.BrH/c1-3-4-5-6-7-8-9-10-11-12-13-14-21-38-32-20-19-30(22-31(32)34)39-24-33(37)35-29-17-15-28(16-18-29)23-36-26-40-25-27(36)2;/h15-20,22,25-26H,3-14,21,23-24H2,1-2H3;1H. The molecule has 0 aliphatic heterocycles. The Morgan fingerprint density at radius 3 is 2.10 bits per heavy atom. The van der Waals surface area contributed by atoms with Crippen LogP contribution in [0.4, 0.5) is 10.1 Å². The number of carbonyl (C=O) groups excluding carboxylic acids is 1. The number of rotatable bonds is 20. The molecule has 1 N–H and O–H groups in total. The fourth-order valence-electron chi connectivity index (χ4n) is 4.56. The van der Waals surface area contributed by atoms with Crippen molar-refractivity contribution >= 4 is 22.9 Å². The Morgan fingerprint density at radius 2 is 1.51 bits per heavy atom. The topological polar surface area (TPSA) is 51.4 Å². The third-order valence-corrected chi connectivity index (χ3v) is 7.85. The Kier molecular flexibility index (Phi) is 17.3. The maximum Gasteiger partial charge on any atom is 0.262 e. The van der Waals surface area contributed by atoms with Gasteiger partial charge in [0.15, 0.2) is 30.4 Å². The molecule has 0 atom stereocenters. The molecular weight excluding hydrogens is 603 g/mol. The summed E-state index contributed by atoms with van der Waals surface area (Å²) in [7, 11) is 0. The molecule has 1 amide bonds. The molecule has 0 spiro atoms. The van der Waals surface area contributed by atoms with Crippen LogP contribution in [0.3, 0.4) is 0 Å². The first-order chi connectivity index (χ1) is 19.5. The Morgan fingerprint density at radius 1 is 0.878 bits per heavy atom. The van der Waals surface area contributed by atoms with E-state index in [1.54, 1.807) is 23.5 Å². The van der Waals surface area contributed by atoms with Gasteiger partial charge in [-0.15, -0.1) is 0 Å². The van der Waals surface area contributed by atoms with Crippen molar-refractivity contribution < 1.29 is 40.2 Å². The lowest BCUT2D eigenvalue weighted by Crippen LogP contribution is -3.00. The van der Waals surface area contributed by atoms with Gasteiger partial charge in [-0.3, -0.25) is 4.79 Å². The predicted molar refractivity (Wildman–Crippen MR) is 162 cm³/mol. The normalized spacial score (nSPS) is 10.7. The minimum absolute atomic E-state index is 0. The first-order valence-electron chi connectivity index (χ1n) is 14.9. The third kappa shape index (κ3) is 13.8. The second kappa shape index (κ2) is 20.4. The van der Waals surface area contributed by atoms with E-state index in [4.69, 9.17) is 9.47 Å². The van der Waals surface area contributed by atoms with Crippen LogP contribution in [-0.2, 0) is 11.3 Å². The van der Waals surface area contributed by atoms with Gasteiger partial charge >= 0.3 is 0 Å². The fraction of sp³-hybridized carbons (Fsp3) is 0.515. The molecule has 2 aromatic carbocycles. The molecule has 226 valence electrons. The van der Waals surface area contributed by atoms with Crippen molar-refractivity contribution in [2.75, 3.05) is 18.5 Å². The second-order valence-corrected chi connectivity index (χ2v) is 11.2. The van der Waals surface area contributed by atoms with Crippen molar-refractivity contribution in [2.24, 2.45) is 0 Å². The Bertz CT molecular complexity index is 1140. The van der Waals surface area contributed by atoms with Gasteiger partial charge in [0.1, 0.15) is 5.75 Å². The van der Waals surface area contributed by atoms with Gasteiger partial charge in [0, 0.05) is 24.2 Å². The molecule has 0 aliphatic carbocycles. The number of nitrogens with zero attached hydrogens (tertiary/aromatic N) is 1. The number of hydrogen-bond donors (Lipinski definition) is 1.